The van der Waals surface area contributed by atoms with Crippen molar-refractivity contribution in [2.75, 3.05) is 0 Å². The van der Waals surface area contributed by atoms with E-state index >= 15 is 0 Å². The molecule has 0 spiro atoms. The minimum atomic E-state index is -1.02. The Balaban J connectivity index is 2.41. The Morgan fingerprint density at radius 2 is 1.61 bits per heavy atom. The zero-order valence-electron chi connectivity index (χ0n) is 9.13. The zero-order chi connectivity index (χ0) is 13.3. The van der Waals surface area contributed by atoms with E-state index < -0.39 is 23.5 Å². The average Bonchev–Trinajstić information content (AvgIpc) is 2.32. The topological polar surface area (TPSA) is 26.0 Å². The third-order valence-corrected chi connectivity index (χ3v) is 2.84. The maximum Gasteiger partial charge on any atom is 0.159 e. The summed E-state index contributed by atoms with van der Waals surface area (Å²) < 4.78 is 39.5. The Kier molecular flexibility index (Phi) is 3.59. The van der Waals surface area contributed by atoms with Gasteiger partial charge >= 0.3 is 0 Å². The van der Waals surface area contributed by atoms with Gasteiger partial charge in [0.15, 0.2) is 11.6 Å². The third-order valence-electron chi connectivity index (χ3n) is 2.60. The summed E-state index contributed by atoms with van der Waals surface area (Å²) in [5.74, 6) is -2.57. The first-order valence-corrected chi connectivity index (χ1v) is 5.52. The van der Waals surface area contributed by atoms with E-state index in [1.807, 2.05) is 0 Å². The second-order valence-electron chi connectivity index (χ2n) is 3.82. The summed E-state index contributed by atoms with van der Waals surface area (Å²) in [7, 11) is 0. The van der Waals surface area contributed by atoms with Gasteiger partial charge in [-0.2, -0.15) is 0 Å². The minimum Gasteiger partial charge on any atom is -0.320 e. The van der Waals surface area contributed by atoms with Crippen molar-refractivity contribution in [3.8, 4) is 0 Å². The lowest BCUT2D eigenvalue weighted by atomic mass is 9.99. The number of benzene rings is 2. The van der Waals surface area contributed by atoms with Crippen molar-refractivity contribution in [3.63, 3.8) is 0 Å². The van der Waals surface area contributed by atoms with Gasteiger partial charge in [0.1, 0.15) is 5.82 Å². The van der Waals surface area contributed by atoms with Crippen molar-refractivity contribution in [1.82, 2.24) is 0 Å². The predicted molar refractivity (Wildman–Crippen MR) is 63.8 cm³/mol. The molecule has 0 bridgehead atoms. The molecule has 0 amide bonds. The van der Waals surface area contributed by atoms with Crippen LogP contribution < -0.4 is 5.73 Å². The minimum absolute atomic E-state index is 0.172. The van der Waals surface area contributed by atoms with Crippen molar-refractivity contribution >= 4 is 11.6 Å². The first-order chi connectivity index (χ1) is 8.49. The van der Waals surface area contributed by atoms with Crippen LogP contribution in [0.1, 0.15) is 17.2 Å². The first-order valence-electron chi connectivity index (χ1n) is 5.14. The van der Waals surface area contributed by atoms with E-state index in [4.69, 9.17) is 17.3 Å². The predicted octanol–water partition coefficient (Wildman–Crippen LogP) is 3.81. The van der Waals surface area contributed by atoms with Gasteiger partial charge in [0.05, 0.1) is 6.04 Å². The molecule has 0 aliphatic carbocycles. The maximum absolute atomic E-state index is 13.6. The Morgan fingerprint density at radius 3 is 2.22 bits per heavy atom. The van der Waals surface area contributed by atoms with Crippen molar-refractivity contribution < 1.29 is 13.2 Å². The van der Waals surface area contributed by atoms with Gasteiger partial charge in [0.25, 0.3) is 0 Å². The van der Waals surface area contributed by atoms with E-state index in [-0.39, 0.29) is 16.1 Å². The zero-order valence-corrected chi connectivity index (χ0v) is 9.89. The number of hydrogen-bond donors (Lipinski definition) is 1. The van der Waals surface area contributed by atoms with Crippen LogP contribution in [0.5, 0.6) is 0 Å². The SMILES string of the molecule is NC(c1ccc(F)c(F)c1)c1ccc(Cl)cc1F. The molecule has 18 heavy (non-hydrogen) atoms. The van der Waals surface area contributed by atoms with Crippen molar-refractivity contribution in [3.05, 3.63) is 70.0 Å². The standard InChI is InChI=1S/C13H9ClF3N/c14-8-2-3-9(11(16)6-8)13(18)7-1-4-10(15)12(17)5-7/h1-6,13H,18H2. The van der Waals surface area contributed by atoms with E-state index in [0.29, 0.717) is 0 Å². The number of hydrogen-bond acceptors (Lipinski definition) is 1. The molecule has 1 atom stereocenters. The van der Waals surface area contributed by atoms with Gasteiger partial charge in [-0.1, -0.05) is 23.7 Å². The molecular weight excluding hydrogens is 263 g/mol. The summed E-state index contributed by atoms with van der Waals surface area (Å²) in [6, 6.07) is 6.38. The van der Waals surface area contributed by atoms with Crippen LogP contribution in [0.15, 0.2) is 36.4 Å². The van der Waals surface area contributed by atoms with Gasteiger partial charge in [-0.15, -0.1) is 0 Å². The quantitative estimate of drug-likeness (QED) is 0.883. The molecule has 5 heteroatoms. The van der Waals surface area contributed by atoms with Crippen LogP contribution in [0.2, 0.25) is 5.02 Å². The second-order valence-corrected chi connectivity index (χ2v) is 4.25. The Labute approximate surface area is 107 Å². The smallest absolute Gasteiger partial charge is 0.159 e. The Bertz CT molecular complexity index is 586. The maximum atomic E-state index is 13.6. The lowest BCUT2D eigenvalue weighted by Gasteiger charge is -2.14. The van der Waals surface area contributed by atoms with Gasteiger partial charge in [0, 0.05) is 10.6 Å². The highest BCUT2D eigenvalue weighted by Crippen LogP contribution is 2.25. The van der Waals surface area contributed by atoms with Gasteiger partial charge in [-0.05, 0) is 29.8 Å². The molecule has 2 aromatic rings. The van der Waals surface area contributed by atoms with Crippen molar-refractivity contribution in [2.45, 2.75) is 6.04 Å². The van der Waals surface area contributed by atoms with Crippen LogP contribution in [-0.4, -0.2) is 0 Å². The number of halogens is 4. The first kappa shape index (κ1) is 12.9. The normalized spacial score (nSPS) is 12.5. The number of nitrogens with two attached hydrogens (primary N) is 1. The van der Waals surface area contributed by atoms with Gasteiger partial charge < -0.3 is 5.73 Å². The molecule has 0 aliphatic rings. The summed E-state index contributed by atoms with van der Waals surface area (Å²) in [5, 5.41) is 0.244. The van der Waals surface area contributed by atoms with Crippen molar-refractivity contribution in [2.24, 2.45) is 5.73 Å². The summed E-state index contributed by atoms with van der Waals surface area (Å²) >= 11 is 5.62. The van der Waals surface area contributed by atoms with Crippen LogP contribution in [0.4, 0.5) is 13.2 Å². The Morgan fingerprint density at radius 1 is 0.889 bits per heavy atom. The fourth-order valence-electron chi connectivity index (χ4n) is 1.64. The van der Waals surface area contributed by atoms with E-state index in [9.17, 15) is 13.2 Å². The van der Waals surface area contributed by atoms with Crippen molar-refractivity contribution in [1.29, 1.82) is 0 Å². The van der Waals surface area contributed by atoms with Crippen LogP contribution in [0.25, 0.3) is 0 Å². The Hall–Kier alpha value is -1.52. The summed E-state index contributed by atoms with van der Waals surface area (Å²) in [6.45, 7) is 0. The molecule has 0 fully saturated rings. The largest absolute Gasteiger partial charge is 0.320 e. The highest BCUT2D eigenvalue weighted by atomic mass is 35.5. The van der Waals surface area contributed by atoms with E-state index in [1.165, 1.54) is 18.2 Å². The molecule has 0 aromatic heterocycles. The van der Waals surface area contributed by atoms with E-state index in [2.05, 4.69) is 0 Å². The molecule has 2 N–H and O–H groups in total. The summed E-state index contributed by atoms with van der Waals surface area (Å²) in [5.41, 5.74) is 6.27. The molecule has 0 saturated carbocycles. The fourth-order valence-corrected chi connectivity index (χ4v) is 1.80. The second kappa shape index (κ2) is 5.00. The molecule has 94 valence electrons. The van der Waals surface area contributed by atoms with Crippen LogP contribution >= 0.6 is 11.6 Å². The molecule has 0 aliphatic heterocycles. The molecule has 1 unspecified atom stereocenters. The van der Waals surface area contributed by atoms with E-state index in [1.54, 1.807) is 0 Å². The highest BCUT2D eigenvalue weighted by molar-refractivity contribution is 6.30. The van der Waals surface area contributed by atoms with Crippen LogP contribution in [0, 0.1) is 17.5 Å². The molecule has 0 radical (unpaired) electrons. The van der Waals surface area contributed by atoms with Crippen LogP contribution in [0.3, 0.4) is 0 Å². The fraction of sp³-hybridized carbons (Fsp3) is 0.0769. The molecular formula is C13H9ClF3N. The highest BCUT2D eigenvalue weighted by Gasteiger charge is 2.15. The summed E-state index contributed by atoms with van der Waals surface area (Å²) in [6.07, 6.45) is 0. The van der Waals surface area contributed by atoms with Crippen LogP contribution in [-0.2, 0) is 0 Å². The molecule has 0 saturated heterocycles. The lowest BCUT2D eigenvalue weighted by Crippen LogP contribution is -2.14. The van der Waals surface area contributed by atoms with Gasteiger partial charge in [0.2, 0.25) is 0 Å². The molecule has 2 rings (SSSR count). The molecule has 1 nitrogen and oxygen atoms in total. The molecule has 2 aromatic carbocycles. The lowest BCUT2D eigenvalue weighted by molar-refractivity contribution is 0.506. The monoisotopic (exact) mass is 271 g/mol. The summed E-state index contributed by atoms with van der Waals surface area (Å²) in [4.78, 5) is 0. The number of rotatable bonds is 2. The average molecular weight is 272 g/mol. The van der Waals surface area contributed by atoms with Gasteiger partial charge in [-0.25, -0.2) is 13.2 Å². The van der Waals surface area contributed by atoms with Gasteiger partial charge in [-0.3, -0.25) is 0 Å². The molecule has 0 heterocycles. The third kappa shape index (κ3) is 2.49. The van der Waals surface area contributed by atoms with E-state index in [0.717, 1.165) is 18.2 Å².